The van der Waals surface area contributed by atoms with Gasteiger partial charge in [-0.15, -0.1) is 0 Å². The third kappa shape index (κ3) is 5.59. The Kier molecular flexibility index (Phi) is 6.99. The number of methoxy groups -OCH3 is 1. The molecule has 0 radical (unpaired) electrons. The Balaban J connectivity index is 1.21. The lowest BCUT2D eigenvalue weighted by Gasteiger charge is -2.34. The molecule has 1 N–H and O–H groups in total. The predicted molar refractivity (Wildman–Crippen MR) is 111 cm³/mol. The number of oxazole rings is 1. The van der Waals surface area contributed by atoms with Crippen LogP contribution in [-0.2, 0) is 17.8 Å². The van der Waals surface area contributed by atoms with Crippen LogP contribution in [0.15, 0.2) is 34.9 Å². The molecule has 2 saturated heterocycles. The highest BCUT2D eigenvalue weighted by Gasteiger charge is 2.21. The van der Waals surface area contributed by atoms with E-state index in [1.165, 1.54) is 11.8 Å². The van der Waals surface area contributed by atoms with Crippen molar-refractivity contribution in [3.8, 4) is 5.75 Å². The third-order valence-electron chi connectivity index (χ3n) is 5.66. The minimum atomic E-state index is -0.205. The molecule has 4 rings (SSSR count). The summed E-state index contributed by atoms with van der Waals surface area (Å²) in [4.78, 5) is 21.4. The van der Waals surface area contributed by atoms with E-state index in [0.717, 1.165) is 57.9 Å². The minimum Gasteiger partial charge on any atom is -0.497 e. The molecular weight excluding hydrogens is 384 g/mol. The summed E-state index contributed by atoms with van der Waals surface area (Å²) in [6.45, 7) is 6.67. The van der Waals surface area contributed by atoms with Gasteiger partial charge in [-0.1, -0.05) is 12.1 Å². The van der Waals surface area contributed by atoms with Gasteiger partial charge in [-0.05, 0) is 30.5 Å². The van der Waals surface area contributed by atoms with Gasteiger partial charge in [-0.3, -0.25) is 14.6 Å². The van der Waals surface area contributed by atoms with E-state index in [4.69, 9.17) is 13.9 Å². The van der Waals surface area contributed by atoms with Crippen LogP contribution in [-0.4, -0.2) is 73.2 Å². The fourth-order valence-electron chi connectivity index (χ4n) is 3.92. The summed E-state index contributed by atoms with van der Waals surface area (Å²) in [6, 6.07) is 8.22. The van der Waals surface area contributed by atoms with Gasteiger partial charge in [0.25, 0.3) is 5.91 Å². The van der Waals surface area contributed by atoms with E-state index < -0.39 is 0 Å². The lowest BCUT2D eigenvalue weighted by atomic mass is 10.2. The number of piperazine rings is 1. The molecule has 8 nitrogen and oxygen atoms in total. The highest BCUT2D eigenvalue weighted by Crippen LogP contribution is 2.16. The zero-order chi connectivity index (χ0) is 20.8. The van der Waals surface area contributed by atoms with Crippen LogP contribution in [0.2, 0.25) is 0 Å². The van der Waals surface area contributed by atoms with Gasteiger partial charge in [-0.2, -0.15) is 0 Å². The molecule has 0 saturated carbocycles. The minimum absolute atomic E-state index is 0.119. The Bertz CT molecular complexity index is 826. The molecule has 0 aliphatic carbocycles. The van der Waals surface area contributed by atoms with Gasteiger partial charge in [0.1, 0.15) is 12.0 Å². The van der Waals surface area contributed by atoms with Crippen LogP contribution in [0.1, 0.15) is 34.8 Å². The second kappa shape index (κ2) is 10.1. The van der Waals surface area contributed by atoms with Gasteiger partial charge in [0.15, 0.2) is 5.69 Å². The Labute approximate surface area is 177 Å². The number of hydrogen-bond acceptors (Lipinski definition) is 7. The first kappa shape index (κ1) is 20.8. The summed E-state index contributed by atoms with van der Waals surface area (Å²) in [5.41, 5.74) is 1.59. The first-order valence-electron chi connectivity index (χ1n) is 10.6. The van der Waals surface area contributed by atoms with Crippen molar-refractivity contribution in [1.29, 1.82) is 0 Å². The Morgan fingerprint density at radius 1 is 1.23 bits per heavy atom. The van der Waals surface area contributed by atoms with Crippen LogP contribution >= 0.6 is 0 Å². The normalized spacial score (nSPS) is 20.4. The van der Waals surface area contributed by atoms with Gasteiger partial charge in [0.2, 0.25) is 5.89 Å². The zero-order valence-electron chi connectivity index (χ0n) is 17.5. The number of benzene rings is 1. The van der Waals surface area contributed by atoms with Gasteiger partial charge in [0.05, 0.1) is 19.8 Å². The molecule has 1 amide bonds. The van der Waals surface area contributed by atoms with Crippen molar-refractivity contribution < 1.29 is 18.7 Å². The van der Waals surface area contributed by atoms with E-state index in [-0.39, 0.29) is 12.0 Å². The van der Waals surface area contributed by atoms with Crippen LogP contribution in [0, 0.1) is 0 Å². The summed E-state index contributed by atoms with van der Waals surface area (Å²) >= 11 is 0. The maximum atomic E-state index is 12.3. The molecule has 162 valence electrons. The van der Waals surface area contributed by atoms with Crippen molar-refractivity contribution in [2.24, 2.45) is 0 Å². The van der Waals surface area contributed by atoms with Gasteiger partial charge in [-0.25, -0.2) is 4.98 Å². The number of carbonyl (C=O) groups excluding carboxylic acids is 1. The van der Waals surface area contributed by atoms with Gasteiger partial charge >= 0.3 is 0 Å². The average Bonchev–Trinajstić information content (AvgIpc) is 3.46. The van der Waals surface area contributed by atoms with Crippen LogP contribution < -0.4 is 10.1 Å². The smallest absolute Gasteiger partial charge is 0.273 e. The molecule has 2 aliphatic heterocycles. The fourth-order valence-corrected chi connectivity index (χ4v) is 3.92. The lowest BCUT2D eigenvalue weighted by molar-refractivity contribution is 0.0853. The van der Waals surface area contributed by atoms with Crippen molar-refractivity contribution in [2.45, 2.75) is 32.0 Å². The summed E-state index contributed by atoms with van der Waals surface area (Å²) < 4.78 is 16.4. The van der Waals surface area contributed by atoms with E-state index >= 15 is 0 Å². The van der Waals surface area contributed by atoms with Crippen LogP contribution in [0.5, 0.6) is 5.75 Å². The molecule has 0 spiro atoms. The molecule has 2 aromatic rings. The Hall–Kier alpha value is -2.42. The molecule has 2 aliphatic rings. The summed E-state index contributed by atoms with van der Waals surface area (Å²) in [5.74, 6) is 1.27. The number of nitrogens with zero attached hydrogens (tertiary/aromatic N) is 3. The Morgan fingerprint density at radius 2 is 2.03 bits per heavy atom. The van der Waals surface area contributed by atoms with E-state index in [1.807, 2.05) is 12.1 Å². The molecular formula is C22H30N4O4. The molecule has 2 fully saturated rings. The van der Waals surface area contributed by atoms with E-state index in [2.05, 4.69) is 32.2 Å². The van der Waals surface area contributed by atoms with Crippen LogP contribution in [0.25, 0.3) is 0 Å². The van der Waals surface area contributed by atoms with E-state index in [9.17, 15) is 4.79 Å². The molecule has 1 aromatic heterocycles. The highest BCUT2D eigenvalue weighted by atomic mass is 16.5. The fraction of sp³-hybridized carbons (Fsp3) is 0.545. The van der Waals surface area contributed by atoms with Crippen LogP contribution in [0.4, 0.5) is 0 Å². The molecule has 8 heteroatoms. The molecule has 1 aromatic carbocycles. The number of amides is 1. The second-order valence-corrected chi connectivity index (χ2v) is 7.88. The van der Waals surface area contributed by atoms with E-state index in [1.54, 1.807) is 7.11 Å². The molecule has 3 heterocycles. The number of ether oxygens (including phenoxy) is 2. The largest absolute Gasteiger partial charge is 0.497 e. The van der Waals surface area contributed by atoms with Crippen molar-refractivity contribution >= 4 is 5.91 Å². The number of rotatable bonds is 8. The SMILES string of the molecule is COc1cccc(CN2CCN(Cc3nc(C(=O)NC[C@H]4CCCO4)co3)CC2)c1. The third-order valence-corrected chi connectivity index (χ3v) is 5.66. The first-order chi connectivity index (χ1) is 14.7. The zero-order valence-corrected chi connectivity index (χ0v) is 17.5. The second-order valence-electron chi connectivity index (χ2n) is 7.88. The molecule has 0 unspecified atom stereocenters. The summed E-state index contributed by atoms with van der Waals surface area (Å²) in [7, 11) is 1.69. The number of carbonyl (C=O) groups is 1. The maximum Gasteiger partial charge on any atom is 0.273 e. The summed E-state index contributed by atoms with van der Waals surface area (Å²) in [6.07, 6.45) is 3.61. The quantitative estimate of drug-likeness (QED) is 0.707. The highest BCUT2D eigenvalue weighted by molar-refractivity contribution is 5.91. The monoisotopic (exact) mass is 414 g/mol. The van der Waals surface area contributed by atoms with Crippen molar-refractivity contribution in [2.75, 3.05) is 46.4 Å². The van der Waals surface area contributed by atoms with Crippen LogP contribution in [0.3, 0.4) is 0 Å². The number of nitrogens with one attached hydrogen (secondary N) is 1. The molecule has 0 bridgehead atoms. The lowest BCUT2D eigenvalue weighted by Crippen LogP contribution is -2.45. The van der Waals surface area contributed by atoms with E-state index in [0.29, 0.717) is 24.7 Å². The number of hydrogen-bond donors (Lipinski definition) is 1. The predicted octanol–water partition coefficient (Wildman–Crippen LogP) is 1.91. The van der Waals surface area contributed by atoms with Crippen molar-refractivity contribution in [1.82, 2.24) is 20.1 Å². The topological polar surface area (TPSA) is 80.1 Å². The molecule has 30 heavy (non-hydrogen) atoms. The standard InChI is InChI=1S/C22H30N4O4/c1-28-18-5-2-4-17(12-18)14-25-7-9-26(10-8-25)15-21-24-20(16-30-21)22(27)23-13-19-6-3-11-29-19/h2,4-5,12,16,19H,3,6-11,13-15H2,1H3,(H,23,27)/t19-/m1/s1. The van der Waals surface area contributed by atoms with Crippen molar-refractivity contribution in [3.05, 3.63) is 47.7 Å². The summed E-state index contributed by atoms with van der Waals surface area (Å²) in [5, 5.41) is 2.88. The van der Waals surface area contributed by atoms with Gasteiger partial charge < -0.3 is 19.2 Å². The van der Waals surface area contributed by atoms with Crippen molar-refractivity contribution in [3.63, 3.8) is 0 Å². The average molecular weight is 415 g/mol. The number of aromatic nitrogens is 1. The van der Waals surface area contributed by atoms with Gasteiger partial charge in [0, 0.05) is 45.9 Å². The Morgan fingerprint density at radius 3 is 2.77 bits per heavy atom. The first-order valence-corrected chi connectivity index (χ1v) is 10.6. The maximum absolute atomic E-state index is 12.3. The molecule has 1 atom stereocenters.